The third-order valence-electron chi connectivity index (χ3n) is 4.22. The second-order valence-corrected chi connectivity index (χ2v) is 6.02. The summed E-state index contributed by atoms with van der Waals surface area (Å²) in [6, 6.07) is 9.43. The van der Waals surface area contributed by atoms with Crippen molar-refractivity contribution < 1.29 is 4.79 Å². The number of nitrogens with one attached hydrogen (secondary N) is 3. The molecule has 7 nitrogen and oxygen atoms in total. The maximum Gasteiger partial charge on any atom is 0.329 e. The van der Waals surface area contributed by atoms with Crippen molar-refractivity contribution in [1.29, 1.82) is 0 Å². The van der Waals surface area contributed by atoms with Gasteiger partial charge in [-0.2, -0.15) is 0 Å². The molecule has 0 saturated carbocycles. The van der Waals surface area contributed by atoms with Crippen LogP contribution in [0.15, 0.2) is 46.1 Å². The summed E-state index contributed by atoms with van der Waals surface area (Å²) in [5.74, 6) is -0.365. The van der Waals surface area contributed by atoms with Gasteiger partial charge in [0.25, 0.3) is 5.56 Å². The third-order valence-corrected chi connectivity index (χ3v) is 4.22. The Kier molecular flexibility index (Phi) is 4.56. The lowest BCUT2D eigenvalue weighted by Gasteiger charge is -2.11. The standard InChI is InChI=1S/C18H20N4O3/c1-3-11(2)20-14(23)10-22-17(24)16-15(21-18(22)25)13(9-19-16)12-7-5-4-6-8-12/h4-9,11,19H,3,10H2,1-2H3,(H,20,23)(H,21,25). The van der Waals surface area contributed by atoms with Gasteiger partial charge in [-0.3, -0.25) is 9.59 Å². The molecule has 3 N–H and O–H groups in total. The zero-order valence-corrected chi connectivity index (χ0v) is 14.1. The topological polar surface area (TPSA) is 99.8 Å². The predicted octanol–water partition coefficient (Wildman–Crippen LogP) is 1.60. The van der Waals surface area contributed by atoms with E-state index in [9.17, 15) is 14.4 Å². The Labute approximate surface area is 143 Å². The van der Waals surface area contributed by atoms with Crippen molar-refractivity contribution in [3.63, 3.8) is 0 Å². The average Bonchev–Trinajstić information content (AvgIpc) is 3.03. The van der Waals surface area contributed by atoms with E-state index in [-0.39, 0.29) is 24.0 Å². The van der Waals surface area contributed by atoms with Gasteiger partial charge in [0.1, 0.15) is 12.1 Å². The van der Waals surface area contributed by atoms with Gasteiger partial charge < -0.3 is 15.3 Å². The molecule has 25 heavy (non-hydrogen) atoms. The summed E-state index contributed by atoms with van der Waals surface area (Å²) in [6.45, 7) is 3.50. The molecule has 130 valence electrons. The number of nitrogens with zero attached hydrogens (tertiary/aromatic N) is 1. The lowest BCUT2D eigenvalue weighted by atomic mass is 10.1. The molecule has 0 aliphatic carbocycles. The Morgan fingerprint density at radius 2 is 1.92 bits per heavy atom. The number of rotatable bonds is 5. The highest BCUT2D eigenvalue weighted by molar-refractivity contribution is 5.91. The molecule has 7 heteroatoms. The SMILES string of the molecule is CCC(C)NC(=O)Cn1c(=O)[nH]c2c(-c3ccccc3)c[nH]c2c1=O. The van der Waals surface area contributed by atoms with Crippen LogP contribution in [0.5, 0.6) is 0 Å². The Bertz CT molecular complexity index is 1010. The first-order valence-electron chi connectivity index (χ1n) is 8.20. The van der Waals surface area contributed by atoms with E-state index in [0.717, 1.165) is 22.1 Å². The van der Waals surface area contributed by atoms with Gasteiger partial charge in [0, 0.05) is 17.8 Å². The summed E-state index contributed by atoms with van der Waals surface area (Å²) in [4.78, 5) is 42.6. The molecule has 1 atom stereocenters. The highest BCUT2D eigenvalue weighted by Crippen LogP contribution is 2.24. The van der Waals surface area contributed by atoms with Gasteiger partial charge in [-0.25, -0.2) is 9.36 Å². The van der Waals surface area contributed by atoms with Gasteiger partial charge >= 0.3 is 5.69 Å². The summed E-state index contributed by atoms with van der Waals surface area (Å²) < 4.78 is 0.908. The molecule has 1 aromatic carbocycles. The number of hydrogen-bond acceptors (Lipinski definition) is 3. The zero-order valence-electron chi connectivity index (χ0n) is 14.1. The largest absolute Gasteiger partial charge is 0.355 e. The molecule has 0 spiro atoms. The maximum absolute atomic E-state index is 12.6. The van der Waals surface area contributed by atoms with E-state index in [4.69, 9.17) is 0 Å². The predicted molar refractivity (Wildman–Crippen MR) is 96.5 cm³/mol. The van der Waals surface area contributed by atoms with Crippen molar-refractivity contribution in [1.82, 2.24) is 19.9 Å². The molecule has 2 heterocycles. The number of H-pyrrole nitrogens is 2. The van der Waals surface area contributed by atoms with Crippen molar-refractivity contribution >= 4 is 16.9 Å². The van der Waals surface area contributed by atoms with E-state index in [1.807, 2.05) is 44.2 Å². The van der Waals surface area contributed by atoms with Crippen molar-refractivity contribution in [2.45, 2.75) is 32.9 Å². The first-order valence-corrected chi connectivity index (χ1v) is 8.20. The number of aromatic amines is 2. The number of aromatic nitrogens is 3. The smallest absolute Gasteiger partial charge is 0.329 e. The number of carbonyl (C=O) groups excluding carboxylic acids is 1. The van der Waals surface area contributed by atoms with Crippen molar-refractivity contribution in [3.05, 3.63) is 57.4 Å². The van der Waals surface area contributed by atoms with Crippen LogP contribution in [0.25, 0.3) is 22.2 Å². The van der Waals surface area contributed by atoms with Gasteiger partial charge in [-0.05, 0) is 18.9 Å². The van der Waals surface area contributed by atoms with Crippen LogP contribution < -0.4 is 16.6 Å². The van der Waals surface area contributed by atoms with Crippen LogP contribution in [0.4, 0.5) is 0 Å². The Morgan fingerprint density at radius 3 is 2.60 bits per heavy atom. The Balaban J connectivity index is 2.02. The average molecular weight is 340 g/mol. The quantitative estimate of drug-likeness (QED) is 0.658. The Morgan fingerprint density at radius 1 is 1.20 bits per heavy atom. The molecule has 3 rings (SSSR count). The van der Waals surface area contributed by atoms with E-state index in [1.54, 1.807) is 6.20 Å². The minimum Gasteiger partial charge on any atom is -0.355 e. The molecule has 0 saturated heterocycles. The fourth-order valence-electron chi connectivity index (χ4n) is 2.68. The number of hydrogen-bond donors (Lipinski definition) is 3. The second kappa shape index (κ2) is 6.80. The summed E-state index contributed by atoms with van der Waals surface area (Å²) in [5, 5.41) is 2.75. The van der Waals surface area contributed by atoms with E-state index >= 15 is 0 Å². The van der Waals surface area contributed by atoms with E-state index in [0.29, 0.717) is 5.52 Å². The zero-order chi connectivity index (χ0) is 18.0. The van der Waals surface area contributed by atoms with Gasteiger partial charge in [0.05, 0.1) is 5.52 Å². The van der Waals surface area contributed by atoms with Crippen LogP contribution in [-0.4, -0.2) is 26.5 Å². The highest BCUT2D eigenvalue weighted by atomic mass is 16.2. The van der Waals surface area contributed by atoms with Crippen molar-refractivity contribution in [2.75, 3.05) is 0 Å². The van der Waals surface area contributed by atoms with Gasteiger partial charge in [0.15, 0.2) is 0 Å². The van der Waals surface area contributed by atoms with E-state index < -0.39 is 11.2 Å². The molecule has 0 aliphatic rings. The lowest BCUT2D eigenvalue weighted by molar-refractivity contribution is -0.122. The lowest BCUT2D eigenvalue weighted by Crippen LogP contribution is -2.42. The Hall–Kier alpha value is -3.09. The molecule has 1 unspecified atom stereocenters. The van der Waals surface area contributed by atoms with E-state index in [1.165, 1.54) is 0 Å². The number of fused-ring (bicyclic) bond motifs is 1. The van der Waals surface area contributed by atoms with Gasteiger partial charge in [-0.15, -0.1) is 0 Å². The second-order valence-electron chi connectivity index (χ2n) is 6.02. The summed E-state index contributed by atoms with van der Waals surface area (Å²) in [5.41, 5.74) is 1.22. The monoisotopic (exact) mass is 340 g/mol. The number of carbonyl (C=O) groups is 1. The van der Waals surface area contributed by atoms with E-state index in [2.05, 4.69) is 15.3 Å². The first kappa shape index (κ1) is 16.8. The normalized spacial score (nSPS) is 12.2. The molecule has 0 radical (unpaired) electrons. The fourth-order valence-corrected chi connectivity index (χ4v) is 2.68. The van der Waals surface area contributed by atoms with Gasteiger partial charge in [0.2, 0.25) is 5.91 Å². The van der Waals surface area contributed by atoms with Gasteiger partial charge in [-0.1, -0.05) is 37.3 Å². The highest BCUT2D eigenvalue weighted by Gasteiger charge is 2.16. The van der Waals surface area contributed by atoms with Crippen LogP contribution in [0.2, 0.25) is 0 Å². The molecule has 3 aromatic rings. The minimum absolute atomic E-state index is 0.0128. The maximum atomic E-state index is 12.6. The van der Waals surface area contributed by atoms with Crippen molar-refractivity contribution in [2.24, 2.45) is 0 Å². The number of benzene rings is 1. The van der Waals surface area contributed by atoms with Crippen LogP contribution in [0, 0.1) is 0 Å². The van der Waals surface area contributed by atoms with Crippen LogP contribution >= 0.6 is 0 Å². The molecular formula is C18H20N4O3. The molecule has 0 bridgehead atoms. The number of amides is 1. The third kappa shape index (κ3) is 3.26. The summed E-state index contributed by atoms with van der Waals surface area (Å²) in [6.07, 6.45) is 2.45. The van der Waals surface area contributed by atoms with Crippen LogP contribution in [0.3, 0.4) is 0 Å². The van der Waals surface area contributed by atoms with Crippen LogP contribution in [0.1, 0.15) is 20.3 Å². The summed E-state index contributed by atoms with van der Waals surface area (Å²) in [7, 11) is 0. The molecule has 2 aromatic heterocycles. The molecule has 0 aliphatic heterocycles. The molecular weight excluding hydrogens is 320 g/mol. The van der Waals surface area contributed by atoms with Crippen LogP contribution in [-0.2, 0) is 11.3 Å². The first-order chi connectivity index (χ1) is 12.0. The fraction of sp³-hybridized carbons (Fsp3) is 0.278. The van der Waals surface area contributed by atoms with Crippen molar-refractivity contribution in [3.8, 4) is 11.1 Å². The molecule has 1 amide bonds. The summed E-state index contributed by atoms with van der Waals surface area (Å²) >= 11 is 0. The minimum atomic E-state index is -0.603. The molecule has 0 fully saturated rings.